The number of hydrogen-bond donors (Lipinski definition) is 1. The largest absolute Gasteiger partial charge is 3.00 e. The van der Waals surface area contributed by atoms with Gasteiger partial charge >= 0.3 is 25.8 Å². The van der Waals surface area contributed by atoms with Gasteiger partial charge in [-0.1, -0.05) is 30.3 Å². The quantitative estimate of drug-likeness (QED) is 0.838. The zero-order chi connectivity index (χ0) is 8.10. The molecule has 0 heterocycles. The number of benzene rings is 1. The van der Waals surface area contributed by atoms with Crippen molar-refractivity contribution < 1.29 is 35.2 Å². The predicted octanol–water partition coefficient (Wildman–Crippen LogP) is 1.89. The summed E-state index contributed by atoms with van der Waals surface area (Å²) in [6.45, 7) is 0.117. The van der Waals surface area contributed by atoms with Gasteiger partial charge in [0.1, 0.15) is 6.10 Å². The zero-order valence-electron chi connectivity index (χ0n) is 6.48. The van der Waals surface area contributed by atoms with Gasteiger partial charge in [-0.15, -0.1) is 0 Å². The Hall–Kier alpha value is 0.300. The average molecular weight is 218 g/mol. The van der Waals surface area contributed by atoms with Crippen LogP contribution in [0.2, 0.25) is 0 Å². The maximum Gasteiger partial charge on any atom is 3.00 e. The van der Waals surface area contributed by atoms with Crippen molar-refractivity contribution >= 4 is 11.9 Å². The van der Waals surface area contributed by atoms with Crippen LogP contribution in [-0.4, -0.2) is 11.7 Å². The van der Waals surface area contributed by atoms with Gasteiger partial charge in [-0.05, 0) is 5.56 Å². The van der Waals surface area contributed by atoms with Crippen LogP contribution in [0.1, 0.15) is 11.7 Å². The van der Waals surface area contributed by atoms with Crippen molar-refractivity contribution in [1.82, 2.24) is 0 Å². The van der Waals surface area contributed by atoms with Gasteiger partial charge < -0.3 is 5.11 Å². The van der Waals surface area contributed by atoms with E-state index in [9.17, 15) is 5.11 Å². The van der Waals surface area contributed by atoms with E-state index in [-0.39, 0.29) is 32.5 Å². The summed E-state index contributed by atoms with van der Waals surface area (Å²) in [5.74, 6) is 0. The molecule has 1 aromatic rings. The number of hydrogen-bond acceptors (Lipinski definition) is 2. The molecule has 1 N–H and O–H groups in total. The first kappa shape index (κ1) is 12.3. The van der Waals surface area contributed by atoms with Gasteiger partial charge in [0.25, 0.3) is 0 Å². The molecule has 2 nitrogen and oxygen atoms in total. The van der Waals surface area contributed by atoms with Crippen molar-refractivity contribution in [2.45, 2.75) is 6.10 Å². The molecule has 1 rings (SSSR count). The van der Waals surface area contributed by atoms with Crippen LogP contribution in [0.5, 0.6) is 0 Å². The van der Waals surface area contributed by atoms with E-state index in [4.69, 9.17) is 11.9 Å². The van der Waals surface area contributed by atoms with Gasteiger partial charge in [0.2, 0.25) is 0 Å². The third-order valence-corrected chi connectivity index (χ3v) is 1.53. The van der Waals surface area contributed by atoms with Crippen LogP contribution in [0.3, 0.4) is 0 Å². The van der Waals surface area contributed by atoms with E-state index in [1.54, 1.807) is 0 Å². The van der Waals surface area contributed by atoms with Crippen LogP contribution in [0.25, 0.3) is 0 Å². The minimum absolute atomic E-state index is 0. The summed E-state index contributed by atoms with van der Waals surface area (Å²) in [5, 5.41) is 9.31. The molecule has 0 radical (unpaired) electrons. The Balaban J connectivity index is 0.00000121. The van der Waals surface area contributed by atoms with Crippen LogP contribution in [-0.2, 0) is 30.1 Å². The second kappa shape index (κ2) is 6.78. The molecule has 0 spiro atoms. The third-order valence-electron chi connectivity index (χ3n) is 1.41. The maximum atomic E-state index is 9.31. The Morgan fingerprint density at radius 1 is 1.33 bits per heavy atom. The topological polar surface area (TPSA) is 29.5 Å². The summed E-state index contributed by atoms with van der Waals surface area (Å²) in [5.41, 5.74) is 0.813. The molecular weight excluding hydrogens is 208 g/mol. The maximum absolute atomic E-state index is 9.31. The van der Waals surface area contributed by atoms with Gasteiger partial charge in [0.15, 0.2) is 0 Å². The monoisotopic (exact) mass is 217 g/mol. The molecule has 0 aromatic heterocycles. The molecule has 12 heavy (non-hydrogen) atoms. The number of aliphatic hydroxyl groups is 1. The van der Waals surface area contributed by atoms with E-state index in [2.05, 4.69) is 4.29 Å². The van der Waals surface area contributed by atoms with Crippen LogP contribution >= 0.6 is 11.9 Å². The molecule has 0 saturated carbocycles. The summed E-state index contributed by atoms with van der Waals surface area (Å²) in [6, 6.07) is 9.23. The molecule has 0 aliphatic rings. The fourth-order valence-corrected chi connectivity index (χ4v) is 0.950. The van der Waals surface area contributed by atoms with Gasteiger partial charge in [0.05, 0.1) is 18.5 Å². The van der Waals surface area contributed by atoms with Crippen LogP contribution in [0.4, 0.5) is 0 Å². The molecular formula is C8H9ClO2Sc+3. The van der Waals surface area contributed by atoms with Gasteiger partial charge in [-0.3, -0.25) is 4.29 Å². The van der Waals surface area contributed by atoms with Crippen molar-refractivity contribution in [3.8, 4) is 0 Å². The third kappa shape index (κ3) is 3.81. The molecule has 0 aliphatic heterocycles. The Bertz CT molecular complexity index is 205. The minimum Gasteiger partial charge on any atom is -0.386 e. The second-order valence-corrected chi connectivity index (χ2v) is 2.42. The van der Waals surface area contributed by atoms with E-state index in [0.717, 1.165) is 5.56 Å². The smallest absolute Gasteiger partial charge is 0.386 e. The molecule has 0 amide bonds. The standard InChI is InChI=1S/C8H9ClO2.Sc/c9-11-6-8(10)7-4-2-1-3-5-7;/h1-5,8,10H,6H2;/q;+3. The van der Waals surface area contributed by atoms with Crippen molar-refractivity contribution in [2.24, 2.45) is 0 Å². The SMILES string of the molecule is OC(COCl)c1ccccc1.[Sc+3]. The molecule has 0 aliphatic carbocycles. The van der Waals surface area contributed by atoms with E-state index < -0.39 is 6.10 Å². The van der Waals surface area contributed by atoms with Crippen molar-refractivity contribution in [3.05, 3.63) is 35.9 Å². The summed E-state index contributed by atoms with van der Waals surface area (Å²) in [6.07, 6.45) is -0.631. The molecule has 1 atom stereocenters. The fourth-order valence-electron chi connectivity index (χ4n) is 0.831. The zero-order valence-corrected chi connectivity index (χ0v) is 9.04. The predicted molar refractivity (Wildman–Crippen MR) is 43.2 cm³/mol. The first-order chi connectivity index (χ1) is 5.34. The van der Waals surface area contributed by atoms with E-state index >= 15 is 0 Å². The molecule has 0 fully saturated rings. The number of halogens is 1. The Morgan fingerprint density at radius 2 is 1.92 bits per heavy atom. The molecule has 1 unspecified atom stereocenters. The van der Waals surface area contributed by atoms with Crippen LogP contribution in [0, 0.1) is 0 Å². The minimum atomic E-state index is -0.631. The first-order valence-corrected chi connectivity index (χ1v) is 3.62. The number of rotatable bonds is 3. The van der Waals surface area contributed by atoms with E-state index in [1.807, 2.05) is 30.3 Å². The number of aliphatic hydroxyl groups excluding tert-OH is 1. The van der Waals surface area contributed by atoms with Crippen LogP contribution < -0.4 is 0 Å². The van der Waals surface area contributed by atoms with E-state index in [0.29, 0.717) is 0 Å². The average Bonchev–Trinajstić information content (AvgIpc) is 2.07. The Kier molecular flexibility index (Phi) is 6.95. The molecule has 1 aromatic carbocycles. The van der Waals surface area contributed by atoms with Crippen molar-refractivity contribution in [3.63, 3.8) is 0 Å². The Morgan fingerprint density at radius 3 is 2.42 bits per heavy atom. The second-order valence-electron chi connectivity index (χ2n) is 2.20. The Labute approximate surface area is 95.5 Å². The summed E-state index contributed by atoms with van der Waals surface area (Å²) in [7, 11) is 0. The first-order valence-electron chi connectivity index (χ1n) is 3.31. The van der Waals surface area contributed by atoms with Crippen molar-refractivity contribution in [1.29, 1.82) is 0 Å². The normalized spacial score (nSPS) is 11.8. The van der Waals surface area contributed by atoms with E-state index in [1.165, 1.54) is 0 Å². The van der Waals surface area contributed by atoms with Crippen molar-refractivity contribution in [2.75, 3.05) is 6.61 Å². The van der Waals surface area contributed by atoms with Gasteiger partial charge in [-0.25, -0.2) is 0 Å². The molecule has 0 bridgehead atoms. The molecule has 0 saturated heterocycles. The molecule has 4 heteroatoms. The van der Waals surface area contributed by atoms with Gasteiger partial charge in [-0.2, -0.15) is 0 Å². The summed E-state index contributed by atoms with van der Waals surface area (Å²) >= 11 is 4.99. The molecule has 60 valence electrons. The van der Waals surface area contributed by atoms with Crippen LogP contribution in [0.15, 0.2) is 30.3 Å². The summed E-state index contributed by atoms with van der Waals surface area (Å²) < 4.78 is 4.28. The summed E-state index contributed by atoms with van der Waals surface area (Å²) in [4.78, 5) is 0. The fraction of sp³-hybridized carbons (Fsp3) is 0.250. The van der Waals surface area contributed by atoms with Gasteiger partial charge in [0, 0.05) is 0 Å².